The molecule has 0 bridgehead atoms. The van der Waals surface area contributed by atoms with Crippen molar-refractivity contribution in [3.63, 3.8) is 0 Å². The monoisotopic (exact) mass is 316 g/mol. The van der Waals surface area contributed by atoms with Crippen LogP contribution in [0.5, 0.6) is 5.75 Å². The van der Waals surface area contributed by atoms with Gasteiger partial charge < -0.3 is 0 Å². The molecule has 0 fully saturated rings. The third-order valence-corrected chi connectivity index (χ3v) is 2.52. The van der Waals surface area contributed by atoms with E-state index in [1.165, 1.54) is 28.0 Å². The average molecular weight is 316 g/mol. The standard InChI is InChI=1S/C7H7O.Bi/c1-8-7-5-3-2-4-6-7;/h2-5H,1H3;. The van der Waals surface area contributed by atoms with Crippen molar-refractivity contribution >= 4 is 28.0 Å². The summed E-state index contributed by atoms with van der Waals surface area (Å²) in [6, 6.07) is 8.07. The van der Waals surface area contributed by atoms with E-state index in [4.69, 9.17) is 4.74 Å². The molecule has 1 aromatic rings. The van der Waals surface area contributed by atoms with Crippen molar-refractivity contribution in [3.05, 3.63) is 24.3 Å². The number of hydrogen-bond donors (Lipinski definition) is 0. The molecule has 1 nitrogen and oxygen atoms in total. The first-order valence-electron chi connectivity index (χ1n) is 2.66. The minimum atomic E-state index is 1.01. The summed E-state index contributed by atoms with van der Waals surface area (Å²) < 4.78 is 6.36. The van der Waals surface area contributed by atoms with E-state index in [9.17, 15) is 0 Å². The Morgan fingerprint density at radius 3 is 2.44 bits per heavy atom. The molecule has 0 N–H and O–H groups in total. The van der Waals surface area contributed by atoms with Crippen molar-refractivity contribution in [2.45, 2.75) is 0 Å². The van der Waals surface area contributed by atoms with Gasteiger partial charge in [-0.25, -0.2) is 0 Å². The SMILES string of the molecule is COc1cccc[c]1[Bi]. The first-order valence-corrected chi connectivity index (χ1v) is 4.40. The number of benzene rings is 1. The number of para-hydroxylation sites is 1. The molecule has 2 heteroatoms. The fourth-order valence-electron chi connectivity index (χ4n) is 0.630. The summed E-state index contributed by atoms with van der Waals surface area (Å²) in [6.45, 7) is 0. The van der Waals surface area contributed by atoms with Crippen LogP contribution in [-0.2, 0) is 0 Å². The fourth-order valence-corrected chi connectivity index (χ4v) is 1.61. The normalized spacial score (nSPS) is 9.11. The molecule has 0 amide bonds. The molecule has 46 valence electrons. The van der Waals surface area contributed by atoms with Crippen molar-refractivity contribution < 1.29 is 4.74 Å². The van der Waals surface area contributed by atoms with Crippen LogP contribution in [0.4, 0.5) is 0 Å². The number of rotatable bonds is 1. The zero-order valence-corrected chi connectivity index (χ0v) is 8.64. The molecule has 0 spiro atoms. The van der Waals surface area contributed by atoms with Crippen molar-refractivity contribution in [2.75, 3.05) is 7.11 Å². The maximum absolute atomic E-state index is 5.07. The van der Waals surface area contributed by atoms with E-state index in [0.29, 0.717) is 0 Å². The molecule has 9 heavy (non-hydrogen) atoms. The van der Waals surface area contributed by atoms with Crippen molar-refractivity contribution in [2.24, 2.45) is 0 Å². The molecule has 0 aliphatic heterocycles. The van der Waals surface area contributed by atoms with Gasteiger partial charge in [0.25, 0.3) is 0 Å². The van der Waals surface area contributed by atoms with Gasteiger partial charge in [-0.05, 0) is 0 Å². The van der Waals surface area contributed by atoms with Crippen LogP contribution in [0.3, 0.4) is 0 Å². The van der Waals surface area contributed by atoms with Crippen LogP contribution < -0.4 is 8.01 Å². The van der Waals surface area contributed by atoms with Gasteiger partial charge in [-0.1, -0.05) is 0 Å². The zero-order chi connectivity index (χ0) is 6.69. The Morgan fingerprint density at radius 1 is 1.33 bits per heavy atom. The van der Waals surface area contributed by atoms with Gasteiger partial charge in [-0.2, -0.15) is 0 Å². The fraction of sp³-hybridized carbons (Fsp3) is 0.143. The van der Waals surface area contributed by atoms with Crippen LogP contribution in [0, 0.1) is 0 Å². The quantitative estimate of drug-likeness (QED) is 0.685. The molecular formula is C7H7BiO. The molecule has 0 saturated heterocycles. The summed E-state index contributed by atoms with van der Waals surface area (Å²) in [7, 11) is 1.70. The Labute approximate surface area is 69.9 Å². The van der Waals surface area contributed by atoms with Gasteiger partial charge in [0.2, 0.25) is 0 Å². The van der Waals surface area contributed by atoms with Gasteiger partial charge in [0.05, 0.1) is 0 Å². The molecule has 0 heterocycles. The van der Waals surface area contributed by atoms with Gasteiger partial charge in [0.1, 0.15) is 0 Å². The molecular weight excluding hydrogens is 309 g/mol. The Morgan fingerprint density at radius 2 is 2.00 bits per heavy atom. The molecule has 0 aliphatic rings. The first-order chi connectivity index (χ1) is 4.34. The summed E-state index contributed by atoms with van der Waals surface area (Å²) >= 11 is 1.25. The summed E-state index contributed by atoms with van der Waals surface area (Å²) in [5.74, 6) is 1.01. The molecule has 0 aromatic heterocycles. The van der Waals surface area contributed by atoms with Crippen LogP contribution >= 0.6 is 0 Å². The average Bonchev–Trinajstić information content (AvgIpc) is 1.89. The van der Waals surface area contributed by atoms with Gasteiger partial charge in [0, 0.05) is 0 Å². The second-order valence-corrected chi connectivity index (χ2v) is 3.54. The van der Waals surface area contributed by atoms with E-state index in [2.05, 4.69) is 6.07 Å². The van der Waals surface area contributed by atoms with E-state index >= 15 is 0 Å². The van der Waals surface area contributed by atoms with Gasteiger partial charge >= 0.3 is 69.9 Å². The molecule has 0 atom stereocenters. The van der Waals surface area contributed by atoms with Crippen LogP contribution in [0.2, 0.25) is 0 Å². The van der Waals surface area contributed by atoms with Gasteiger partial charge in [-0.3, -0.25) is 0 Å². The predicted molar refractivity (Wildman–Crippen MR) is 38.4 cm³/mol. The minimum absolute atomic E-state index is 1.01. The predicted octanol–water partition coefficient (Wildman–Crippen LogP) is 0.489. The molecule has 1 rings (SSSR count). The molecule has 0 unspecified atom stereocenters. The van der Waals surface area contributed by atoms with E-state index < -0.39 is 0 Å². The third kappa shape index (κ3) is 1.65. The van der Waals surface area contributed by atoms with E-state index in [1.54, 1.807) is 7.11 Å². The number of ether oxygens (including phenoxy) is 1. The first kappa shape index (κ1) is 7.02. The molecule has 0 aliphatic carbocycles. The second kappa shape index (κ2) is 3.17. The van der Waals surface area contributed by atoms with E-state index in [0.717, 1.165) is 5.75 Å². The Kier molecular flexibility index (Phi) is 2.47. The van der Waals surface area contributed by atoms with Crippen molar-refractivity contribution in [1.29, 1.82) is 0 Å². The van der Waals surface area contributed by atoms with E-state index in [-0.39, 0.29) is 0 Å². The zero-order valence-electron chi connectivity index (χ0n) is 5.16. The van der Waals surface area contributed by atoms with Crippen LogP contribution in [0.15, 0.2) is 24.3 Å². The molecule has 0 saturated carbocycles. The van der Waals surface area contributed by atoms with Gasteiger partial charge in [-0.15, -0.1) is 0 Å². The van der Waals surface area contributed by atoms with Gasteiger partial charge in [0.15, 0.2) is 0 Å². The van der Waals surface area contributed by atoms with E-state index in [1.807, 2.05) is 18.2 Å². The summed E-state index contributed by atoms with van der Waals surface area (Å²) in [6.07, 6.45) is 0. The molecule has 1 aromatic carbocycles. The van der Waals surface area contributed by atoms with Crippen molar-refractivity contribution in [1.82, 2.24) is 0 Å². The number of methoxy groups -OCH3 is 1. The topological polar surface area (TPSA) is 9.23 Å². The summed E-state index contributed by atoms with van der Waals surface area (Å²) in [5, 5.41) is 0. The second-order valence-electron chi connectivity index (χ2n) is 1.67. The van der Waals surface area contributed by atoms with Crippen LogP contribution in [-0.4, -0.2) is 31.8 Å². The maximum atomic E-state index is 5.07. The number of hydrogen-bond acceptors (Lipinski definition) is 1. The Balaban J connectivity index is 3.01. The van der Waals surface area contributed by atoms with Crippen LogP contribution in [0.25, 0.3) is 0 Å². The Hall–Kier alpha value is -0.0969. The van der Waals surface area contributed by atoms with Crippen LogP contribution in [0.1, 0.15) is 0 Å². The molecule has 2 radical (unpaired) electrons. The summed E-state index contributed by atoms with van der Waals surface area (Å²) in [5.41, 5.74) is 0. The Bertz CT molecular complexity index is 198. The van der Waals surface area contributed by atoms with Crippen molar-refractivity contribution in [3.8, 4) is 5.75 Å². The third-order valence-electron chi connectivity index (χ3n) is 1.09. The summed E-state index contributed by atoms with van der Waals surface area (Å²) in [4.78, 5) is 0.